The monoisotopic (exact) mass is 477 g/mol. The van der Waals surface area contributed by atoms with Crippen LogP contribution >= 0.6 is 11.6 Å². The quantitative estimate of drug-likeness (QED) is 0.618. The van der Waals surface area contributed by atoms with E-state index in [0.29, 0.717) is 35.3 Å². The molecule has 4 heterocycles. The standard InChI is InChI=1S/C23H32ClN5O4/c1-23(2,3)33-22(32)28-11-5-16(6-12-28)27-9-7-17(8-10-27)29-19-18(13-15(24)14-25-19)26(4)20(30)21(29)31/h13-14,16-17H,5-12H2,1-4H3. The maximum absolute atomic E-state index is 12.9. The Morgan fingerprint density at radius 1 is 1.03 bits per heavy atom. The van der Waals surface area contributed by atoms with Crippen LogP contribution in [0.15, 0.2) is 21.9 Å². The van der Waals surface area contributed by atoms with Crippen LogP contribution in [-0.2, 0) is 11.8 Å². The summed E-state index contributed by atoms with van der Waals surface area (Å²) in [5.74, 6) is 0. The Labute approximate surface area is 197 Å². The number of pyridine rings is 1. The normalized spacial score (nSPS) is 19.2. The molecule has 0 radical (unpaired) electrons. The zero-order valence-corrected chi connectivity index (χ0v) is 20.5. The number of likely N-dealkylation sites (tertiary alicyclic amines) is 2. The fourth-order valence-corrected chi connectivity index (χ4v) is 5.05. The van der Waals surface area contributed by atoms with Crippen molar-refractivity contribution in [2.24, 2.45) is 7.05 Å². The van der Waals surface area contributed by atoms with Crippen molar-refractivity contribution in [3.8, 4) is 0 Å². The zero-order valence-electron chi connectivity index (χ0n) is 19.7. The van der Waals surface area contributed by atoms with Crippen molar-refractivity contribution < 1.29 is 9.53 Å². The molecule has 0 N–H and O–H groups in total. The Hall–Kier alpha value is -2.39. The lowest BCUT2D eigenvalue weighted by molar-refractivity contribution is 0.0120. The van der Waals surface area contributed by atoms with E-state index in [1.165, 1.54) is 10.8 Å². The first kappa shape index (κ1) is 23.8. The predicted molar refractivity (Wildman–Crippen MR) is 127 cm³/mol. The number of carbonyl (C=O) groups excluding carboxylic acids is 1. The molecular weight excluding hydrogens is 446 g/mol. The molecule has 0 bridgehead atoms. The van der Waals surface area contributed by atoms with Gasteiger partial charge in [0.15, 0.2) is 5.65 Å². The number of amides is 1. The van der Waals surface area contributed by atoms with Crippen LogP contribution in [0.3, 0.4) is 0 Å². The van der Waals surface area contributed by atoms with Gasteiger partial charge in [0.25, 0.3) is 0 Å². The van der Waals surface area contributed by atoms with Crippen LogP contribution in [0.1, 0.15) is 52.5 Å². The number of halogens is 1. The average Bonchev–Trinajstić information content (AvgIpc) is 2.77. The van der Waals surface area contributed by atoms with E-state index in [1.807, 2.05) is 20.8 Å². The van der Waals surface area contributed by atoms with Gasteiger partial charge in [-0.2, -0.15) is 0 Å². The summed E-state index contributed by atoms with van der Waals surface area (Å²) in [6.07, 6.45) is 4.59. The molecule has 4 rings (SSSR count). The predicted octanol–water partition coefficient (Wildman–Crippen LogP) is 2.79. The van der Waals surface area contributed by atoms with E-state index in [4.69, 9.17) is 16.3 Å². The summed E-state index contributed by atoms with van der Waals surface area (Å²) < 4.78 is 8.38. The minimum absolute atomic E-state index is 0.0827. The van der Waals surface area contributed by atoms with Crippen LogP contribution in [0, 0.1) is 0 Å². The van der Waals surface area contributed by atoms with E-state index in [0.717, 1.165) is 38.8 Å². The summed E-state index contributed by atoms with van der Waals surface area (Å²) in [5, 5.41) is 0.426. The Bertz CT molecular complexity index is 1150. The SMILES string of the molecule is Cn1c(=O)c(=O)n(C2CCN(C3CCN(C(=O)OC(C)(C)C)CC3)CC2)c2ncc(Cl)cc21. The van der Waals surface area contributed by atoms with Gasteiger partial charge in [-0.3, -0.25) is 14.2 Å². The fourth-order valence-electron chi connectivity index (χ4n) is 4.89. The third-order valence-electron chi connectivity index (χ3n) is 6.61. The lowest BCUT2D eigenvalue weighted by Crippen LogP contribution is -2.51. The van der Waals surface area contributed by atoms with Crippen molar-refractivity contribution in [3.63, 3.8) is 0 Å². The van der Waals surface area contributed by atoms with Gasteiger partial charge >= 0.3 is 17.2 Å². The molecule has 10 heteroatoms. The van der Waals surface area contributed by atoms with Gasteiger partial charge in [0.1, 0.15) is 5.60 Å². The summed E-state index contributed by atoms with van der Waals surface area (Å²) in [6, 6.07) is 1.99. The van der Waals surface area contributed by atoms with Crippen molar-refractivity contribution in [2.75, 3.05) is 26.2 Å². The van der Waals surface area contributed by atoms with Crippen molar-refractivity contribution in [1.29, 1.82) is 0 Å². The van der Waals surface area contributed by atoms with Crippen molar-refractivity contribution in [1.82, 2.24) is 23.9 Å². The third kappa shape index (κ3) is 4.94. The average molecular weight is 478 g/mol. The highest BCUT2D eigenvalue weighted by atomic mass is 35.5. The van der Waals surface area contributed by atoms with E-state index in [2.05, 4.69) is 9.88 Å². The summed E-state index contributed by atoms with van der Waals surface area (Å²) in [6.45, 7) is 8.66. The van der Waals surface area contributed by atoms with Gasteiger partial charge in [-0.25, -0.2) is 9.78 Å². The number of aryl methyl sites for hydroxylation is 1. The van der Waals surface area contributed by atoms with E-state index >= 15 is 0 Å². The largest absolute Gasteiger partial charge is 0.444 e. The minimum Gasteiger partial charge on any atom is -0.444 e. The lowest BCUT2D eigenvalue weighted by atomic mass is 9.97. The first-order valence-corrected chi connectivity index (χ1v) is 11.9. The van der Waals surface area contributed by atoms with Crippen LogP contribution in [0.4, 0.5) is 4.79 Å². The number of rotatable bonds is 2. The second-order valence-electron chi connectivity index (χ2n) is 10.0. The topological polar surface area (TPSA) is 89.7 Å². The van der Waals surface area contributed by atoms with Crippen LogP contribution in [0.2, 0.25) is 5.02 Å². The molecule has 2 aliphatic heterocycles. The Morgan fingerprint density at radius 2 is 1.64 bits per heavy atom. The molecule has 33 heavy (non-hydrogen) atoms. The van der Waals surface area contributed by atoms with E-state index in [9.17, 15) is 14.4 Å². The van der Waals surface area contributed by atoms with Crippen LogP contribution in [-0.4, -0.2) is 67.8 Å². The zero-order chi connectivity index (χ0) is 23.9. The number of piperidine rings is 2. The Morgan fingerprint density at radius 3 is 2.24 bits per heavy atom. The third-order valence-corrected chi connectivity index (χ3v) is 6.81. The number of hydrogen-bond acceptors (Lipinski definition) is 6. The maximum Gasteiger partial charge on any atom is 0.410 e. The van der Waals surface area contributed by atoms with Crippen molar-refractivity contribution >= 4 is 28.9 Å². The number of hydrogen-bond donors (Lipinski definition) is 0. The van der Waals surface area contributed by atoms with Gasteiger partial charge in [-0.05, 0) is 52.5 Å². The van der Waals surface area contributed by atoms with Gasteiger partial charge < -0.3 is 19.1 Å². The highest BCUT2D eigenvalue weighted by Crippen LogP contribution is 2.28. The van der Waals surface area contributed by atoms with Gasteiger partial charge in [-0.1, -0.05) is 11.6 Å². The van der Waals surface area contributed by atoms with E-state index < -0.39 is 16.7 Å². The molecule has 0 atom stereocenters. The number of carbonyl (C=O) groups is 1. The van der Waals surface area contributed by atoms with E-state index in [1.54, 1.807) is 22.6 Å². The first-order valence-electron chi connectivity index (χ1n) is 11.5. The molecule has 0 unspecified atom stereocenters. The Balaban J connectivity index is 1.42. The second kappa shape index (κ2) is 9.10. The highest BCUT2D eigenvalue weighted by molar-refractivity contribution is 6.31. The summed E-state index contributed by atoms with van der Waals surface area (Å²) in [5.41, 5.74) is -0.538. The van der Waals surface area contributed by atoms with Crippen LogP contribution < -0.4 is 11.1 Å². The van der Waals surface area contributed by atoms with Gasteiger partial charge in [0, 0.05) is 51.5 Å². The molecular formula is C23H32ClN5O4. The number of fused-ring (bicyclic) bond motifs is 1. The van der Waals surface area contributed by atoms with Crippen molar-refractivity contribution in [2.45, 2.75) is 64.1 Å². The lowest BCUT2D eigenvalue weighted by Gasteiger charge is -2.42. The summed E-state index contributed by atoms with van der Waals surface area (Å²) in [7, 11) is 1.57. The Kier molecular flexibility index (Phi) is 6.55. The molecule has 1 amide bonds. The first-order chi connectivity index (χ1) is 15.5. The fraction of sp³-hybridized carbons (Fsp3) is 0.652. The highest BCUT2D eigenvalue weighted by Gasteiger charge is 2.32. The summed E-state index contributed by atoms with van der Waals surface area (Å²) >= 11 is 6.08. The van der Waals surface area contributed by atoms with Gasteiger partial charge in [0.05, 0.1) is 10.5 Å². The molecule has 2 fully saturated rings. The molecule has 2 saturated heterocycles. The second-order valence-corrected chi connectivity index (χ2v) is 10.4. The minimum atomic E-state index is -0.566. The van der Waals surface area contributed by atoms with Gasteiger partial charge in [-0.15, -0.1) is 0 Å². The molecule has 2 aliphatic rings. The maximum atomic E-state index is 12.9. The number of ether oxygens (including phenoxy) is 1. The van der Waals surface area contributed by atoms with E-state index in [-0.39, 0.29) is 12.1 Å². The molecule has 2 aromatic rings. The van der Waals surface area contributed by atoms with Crippen LogP contribution in [0.25, 0.3) is 11.2 Å². The molecule has 180 valence electrons. The molecule has 0 spiro atoms. The molecule has 0 saturated carbocycles. The number of aromatic nitrogens is 3. The summed E-state index contributed by atoms with van der Waals surface area (Å²) in [4.78, 5) is 46.4. The van der Waals surface area contributed by atoms with Crippen LogP contribution in [0.5, 0.6) is 0 Å². The van der Waals surface area contributed by atoms with Crippen molar-refractivity contribution in [3.05, 3.63) is 38.0 Å². The molecule has 9 nitrogen and oxygen atoms in total. The molecule has 0 aliphatic carbocycles. The smallest absolute Gasteiger partial charge is 0.410 e. The molecule has 0 aromatic carbocycles. The molecule has 2 aromatic heterocycles. The van der Waals surface area contributed by atoms with Gasteiger partial charge in [0.2, 0.25) is 0 Å². The number of nitrogens with zero attached hydrogens (tertiary/aromatic N) is 5.